The van der Waals surface area contributed by atoms with Gasteiger partial charge in [0.15, 0.2) is 0 Å². The molecule has 1 fully saturated rings. The molecule has 1 saturated carbocycles. The molecule has 22 heavy (non-hydrogen) atoms. The second kappa shape index (κ2) is 7.11. The molecule has 0 bridgehead atoms. The summed E-state index contributed by atoms with van der Waals surface area (Å²) in [5.41, 5.74) is 1.33. The molecule has 0 atom stereocenters. The summed E-state index contributed by atoms with van der Waals surface area (Å²) in [4.78, 5) is 16.4. The average Bonchev–Trinajstić information content (AvgIpc) is 3.08. The lowest BCUT2D eigenvalue weighted by molar-refractivity contribution is 0.0922. The molecule has 1 aliphatic rings. The molecule has 0 aromatic carbocycles. The lowest BCUT2D eigenvalue weighted by Crippen LogP contribution is -2.36. The number of aromatic nitrogens is 1. The number of anilines is 1. The molecule has 0 radical (unpaired) electrons. The van der Waals surface area contributed by atoms with E-state index in [0.29, 0.717) is 18.3 Å². The topological polar surface area (TPSA) is 67.2 Å². The van der Waals surface area contributed by atoms with E-state index in [4.69, 9.17) is 4.42 Å². The van der Waals surface area contributed by atoms with Gasteiger partial charge in [-0.05, 0) is 37.1 Å². The molecular formula is C17H21N3O2. The Balaban J connectivity index is 1.52. The van der Waals surface area contributed by atoms with Crippen molar-refractivity contribution in [2.45, 2.75) is 44.7 Å². The van der Waals surface area contributed by atoms with Gasteiger partial charge in [-0.2, -0.15) is 0 Å². The van der Waals surface area contributed by atoms with Crippen molar-refractivity contribution in [3.8, 4) is 0 Å². The van der Waals surface area contributed by atoms with E-state index in [-0.39, 0.29) is 5.91 Å². The number of carbonyl (C=O) groups is 1. The van der Waals surface area contributed by atoms with Gasteiger partial charge in [-0.1, -0.05) is 19.3 Å². The number of amides is 1. The van der Waals surface area contributed by atoms with E-state index in [1.807, 2.05) is 18.2 Å². The zero-order chi connectivity index (χ0) is 15.2. The van der Waals surface area contributed by atoms with Crippen LogP contribution >= 0.6 is 0 Å². The number of nitrogens with zero attached hydrogens (tertiary/aromatic N) is 1. The summed E-state index contributed by atoms with van der Waals surface area (Å²) < 4.78 is 5.25. The highest BCUT2D eigenvalue weighted by atomic mass is 16.3. The van der Waals surface area contributed by atoms with Gasteiger partial charge in [0.2, 0.25) is 0 Å². The Morgan fingerprint density at radius 3 is 2.77 bits per heavy atom. The van der Waals surface area contributed by atoms with E-state index in [9.17, 15) is 4.79 Å². The number of furan rings is 1. The Labute approximate surface area is 130 Å². The zero-order valence-electron chi connectivity index (χ0n) is 12.5. The van der Waals surface area contributed by atoms with Crippen LogP contribution in [0.5, 0.6) is 0 Å². The van der Waals surface area contributed by atoms with E-state index in [0.717, 1.165) is 24.3 Å². The summed E-state index contributed by atoms with van der Waals surface area (Å²) in [7, 11) is 0. The van der Waals surface area contributed by atoms with Gasteiger partial charge < -0.3 is 15.1 Å². The maximum absolute atomic E-state index is 12.2. The van der Waals surface area contributed by atoms with E-state index in [2.05, 4.69) is 15.6 Å². The quantitative estimate of drug-likeness (QED) is 0.888. The van der Waals surface area contributed by atoms with E-state index in [1.165, 1.54) is 19.3 Å². The van der Waals surface area contributed by atoms with Gasteiger partial charge in [-0.15, -0.1) is 0 Å². The summed E-state index contributed by atoms with van der Waals surface area (Å²) in [5, 5.41) is 6.28. The smallest absolute Gasteiger partial charge is 0.270 e. The van der Waals surface area contributed by atoms with Crippen LogP contribution in [0.1, 0.15) is 48.4 Å². The Morgan fingerprint density at radius 1 is 1.23 bits per heavy atom. The van der Waals surface area contributed by atoms with Crippen molar-refractivity contribution in [3.05, 3.63) is 48.2 Å². The van der Waals surface area contributed by atoms with Crippen LogP contribution in [0.3, 0.4) is 0 Å². The highest BCUT2D eigenvalue weighted by Crippen LogP contribution is 2.18. The monoisotopic (exact) mass is 299 g/mol. The van der Waals surface area contributed by atoms with Gasteiger partial charge in [0.25, 0.3) is 5.91 Å². The predicted octanol–water partition coefficient (Wildman–Crippen LogP) is 3.35. The molecule has 2 N–H and O–H groups in total. The van der Waals surface area contributed by atoms with Crippen LogP contribution in [-0.2, 0) is 6.54 Å². The third-order valence-electron chi connectivity index (χ3n) is 3.98. The van der Waals surface area contributed by atoms with Crippen molar-refractivity contribution >= 4 is 11.6 Å². The van der Waals surface area contributed by atoms with Crippen molar-refractivity contribution in [1.29, 1.82) is 0 Å². The second-order valence-electron chi connectivity index (χ2n) is 5.67. The third-order valence-corrected chi connectivity index (χ3v) is 3.98. The largest absolute Gasteiger partial charge is 0.467 e. The summed E-state index contributed by atoms with van der Waals surface area (Å²) in [6, 6.07) is 7.69. The SMILES string of the molecule is O=C(NC1CCCCC1)c1ccc(NCc2ccco2)cn1. The normalized spacial score (nSPS) is 15.5. The first-order valence-corrected chi connectivity index (χ1v) is 7.84. The summed E-state index contributed by atoms with van der Waals surface area (Å²) >= 11 is 0. The van der Waals surface area contributed by atoms with Gasteiger partial charge in [-0.25, -0.2) is 4.98 Å². The van der Waals surface area contributed by atoms with E-state index < -0.39 is 0 Å². The van der Waals surface area contributed by atoms with Gasteiger partial charge >= 0.3 is 0 Å². The zero-order valence-corrected chi connectivity index (χ0v) is 12.5. The van der Waals surface area contributed by atoms with Crippen molar-refractivity contribution < 1.29 is 9.21 Å². The fourth-order valence-electron chi connectivity index (χ4n) is 2.74. The maximum Gasteiger partial charge on any atom is 0.270 e. The van der Waals surface area contributed by atoms with Crippen LogP contribution in [0.2, 0.25) is 0 Å². The lowest BCUT2D eigenvalue weighted by atomic mass is 9.95. The van der Waals surface area contributed by atoms with Crippen molar-refractivity contribution in [3.63, 3.8) is 0 Å². The first-order chi connectivity index (χ1) is 10.8. The third kappa shape index (κ3) is 3.87. The van der Waals surface area contributed by atoms with Crippen LogP contribution in [0.4, 0.5) is 5.69 Å². The molecule has 0 spiro atoms. The molecule has 2 heterocycles. The van der Waals surface area contributed by atoms with E-state index in [1.54, 1.807) is 18.5 Å². The molecule has 0 saturated heterocycles. The fraction of sp³-hybridized carbons (Fsp3) is 0.412. The number of hydrogen-bond donors (Lipinski definition) is 2. The number of hydrogen-bond acceptors (Lipinski definition) is 4. The molecule has 0 aliphatic heterocycles. The molecule has 116 valence electrons. The molecule has 2 aromatic heterocycles. The van der Waals surface area contributed by atoms with Crippen LogP contribution in [0, 0.1) is 0 Å². The predicted molar refractivity (Wildman–Crippen MR) is 84.6 cm³/mol. The highest BCUT2D eigenvalue weighted by Gasteiger charge is 2.17. The molecule has 5 nitrogen and oxygen atoms in total. The van der Waals surface area contributed by atoms with Crippen LogP contribution in [-0.4, -0.2) is 16.9 Å². The Morgan fingerprint density at radius 2 is 2.09 bits per heavy atom. The molecule has 1 aliphatic carbocycles. The average molecular weight is 299 g/mol. The minimum atomic E-state index is -0.0792. The van der Waals surface area contributed by atoms with Gasteiger partial charge in [0.05, 0.1) is 24.7 Å². The molecule has 5 heteroatoms. The molecule has 2 aromatic rings. The first-order valence-electron chi connectivity index (χ1n) is 7.84. The van der Waals surface area contributed by atoms with Crippen molar-refractivity contribution in [2.75, 3.05) is 5.32 Å². The maximum atomic E-state index is 12.2. The number of rotatable bonds is 5. The second-order valence-corrected chi connectivity index (χ2v) is 5.67. The van der Waals surface area contributed by atoms with Crippen LogP contribution in [0.15, 0.2) is 41.1 Å². The van der Waals surface area contributed by atoms with Gasteiger partial charge in [0, 0.05) is 6.04 Å². The van der Waals surface area contributed by atoms with Crippen molar-refractivity contribution in [1.82, 2.24) is 10.3 Å². The standard InChI is InChI=1S/C17H21N3O2/c21-17(20-13-5-2-1-3-6-13)16-9-8-14(11-19-16)18-12-15-7-4-10-22-15/h4,7-11,13,18H,1-3,5-6,12H2,(H,20,21). The molecule has 0 unspecified atom stereocenters. The van der Waals surface area contributed by atoms with Gasteiger partial charge in [-0.3, -0.25) is 4.79 Å². The Kier molecular flexibility index (Phi) is 4.73. The Bertz CT molecular complexity index is 587. The minimum Gasteiger partial charge on any atom is -0.467 e. The number of nitrogens with one attached hydrogen (secondary N) is 2. The van der Waals surface area contributed by atoms with Crippen LogP contribution in [0.25, 0.3) is 0 Å². The molecule has 1 amide bonds. The summed E-state index contributed by atoms with van der Waals surface area (Å²) in [6.45, 7) is 0.600. The summed E-state index contributed by atoms with van der Waals surface area (Å²) in [5.74, 6) is 0.781. The van der Waals surface area contributed by atoms with Crippen LogP contribution < -0.4 is 10.6 Å². The van der Waals surface area contributed by atoms with Crippen molar-refractivity contribution in [2.24, 2.45) is 0 Å². The highest BCUT2D eigenvalue weighted by molar-refractivity contribution is 5.92. The fourth-order valence-corrected chi connectivity index (χ4v) is 2.74. The molecule has 3 rings (SSSR count). The minimum absolute atomic E-state index is 0.0792. The summed E-state index contributed by atoms with van der Waals surface area (Å²) in [6.07, 6.45) is 9.17. The van der Waals surface area contributed by atoms with Gasteiger partial charge in [0.1, 0.15) is 11.5 Å². The number of pyridine rings is 1. The number of carbonyl (C=O) groups excluding carboxylic acids is 1. The Hall–Kier alpha value is -2.30. The molecular weight excluding hydrogens is 278 g/mol. The van der Waals surface area contributed by atoms with E-state index >= 15 is 0 Å². The first kappa shape index (κ1) is 14.6. The lowest BCUT2D eigenvalue weighted by Gasteiger charge is -2.22.